The van der Waals surface area contributed by atoms with Crippen molar-refractivity contribution in [1.29, 1.82) is 0 Å². The number of nitrogens with zero attached hydrogens (tertiary/aromatic N) is 1. The lowest BCUT2D eigenvalue weighted by Gasteiger charge is -2.10. The molecule has 116 valence electrons. The van der Waals surface area contributed by atoms with E-state index in [1.54, 1.807) is 6.92 Å². The van der Waals surface area contributed by atoms with E-state index in [9.17, 15) is 18.5 Å². The van der Waals surface area contributed by atoms with Crippen molar-refractivity contribution >= 4 is 15.7 Å². The van der Waals surface area contributed by atoms with Crippen LogP contribution in [0.1, 0.15) is 18.4 Å². The summed E-state index contributed by atoms with van der Waals surface area (Å²) in [5.74, 6) is 0.486. The van der Waals surface area contributed by atoms with Crippen molar-refractivity contribution in [2.24, 2.45) is 5.92 Å². The first-order valence-corrected chi connectivity index (χ1v) is 8.34. The third-order valence-corrected chi connectivity index (χ3v) is 5.15. The summed E-state index contributed by atoms with van der Waals surface area (Å²) in [6.07, 6.45) is 1.82. The Kier molecular flexibility index (Phi) is 4.92. The topological polar surface area (TPSA) is 101 Å². The molecule has 1 heterocycles. The molecule has 21 heavy (non-hydrogen) atoms. The van der Waals surface area contributed by atoms with E-state index in [1.165, 1.54) is 12.1 Å². The lowest BCUT2D eigenvalue weighted by molar-refractivity contribution is -0.385. The van der Waals surface area contributed by atoms with Crippen molar-refractivity contribution in [1.82, 2.24) is 10.0 Å². The number of rotatable bonds is 6. The Labute approximate surface area is 123 Å². The van der Waals surface area contributed by atoms with E-state index in [2.05, 4.69) is 10.0 Å². The van der Waals surface area contributed by atoms with Crippen molar-refractivity contribution in [2.75, 3.05) is 19.6 Å². The molecule has 1 fully saturated rings. The summed E-state index contributed by atoms with van der Waals surface area (Å²) < 4.78 is 26.8. The van der Waals surface area contributed by atoms with Gasteiger partial charge in [0.1, 0.15) is 0 Å². The van der Waals surface area contributed by atoms with Gasteiger partial charge in [0, 0.05) is 18.2 Å². The number of nitrogens with one attached hydrogen (secondary N) is 2. The van der Waals surface area contributed by atoms with Crippen LogP contribution in [0.2, 0.25) is 0 Å². The molecule has 1 atom stereocenters. The van der Waals surface area contributed by atoms with Gasteiger partial charge >= 0.3 is 0 Å². The van der Waals surface area contributed by atoms with Crippen LogP contribution in [-0.4, -0.2) is 33.0 Å². The predicted molar refractivity (Wildman–Crippen MR) is 78.6 cm³/mol. The molecule has 1 aromatic carbocycles. The third kappa shape index (κ3) is 3.99. The Morgan fingerprint density at radius 3 is 2.86 bits per heavy atom. The fourth-order valence-corrected chi connectivity index (χ4v) is 3.46. The maximum absolute atomic E-state index is 12.1. The minimum absolute atomic E-state index is 0.0654. The third-order valence-electron chi connectivity index (χ3n) is 3.69. The molecule has 1 aliphatic rings. The summed E-state index contributed by atoms with van der Waals surface area (Å²) in [4.78, 5) is 10.2. The van der Waals surface area contributed by atoms with E-state index in [-0.39, 0.29) is 10.6 Å². The van der Waals surface area contributed by atoms with Crippen molar-refractivity contribution in [2.45, 2.75) is 24.7 Å². The van der Waals surface area contributed by atoms with E-state index < -0.39 is 14.9 Å². The zero-order valence-electron chi connectivity index (χ0n) is 11.8. The van der Waals surface area contributed by atoms with Crippen LogP contribution < -0.4 is 10.0 Å². The van der Waals surface area contributed by atoms with Gasteiger partial charge in [-0.15, -0.1) is 0 Å². The minimum Gasteiger partial charge on any atom is -0.316 e. The van der Waals surface area contributed by atoms with Crippen molar-refractivity contribution in [3.63, 3.8) is 0 Å². The van der Waals surface area contributed by atoms with Crippen LogP contribution in [0.5, 0.6) is 0 Å². The second kappa shape index (κ2) is 6.50. The Hall–Kier alpha value is -1.51. The van der Waals surface area contributed by atoms with Crippen LogP contribution in [0.4, 0.5) is 5.69 Å². The molecule has 0 amide bonds. The Balaban J connectivity index is 2.04. The van der Waals surface area contributed by atoms with Gasteiger partial charge in [0.05, 0.1) is 9.82 Å². The second-order valence-corrected chi connectivity index (χ2v) is 7.02. The fraction of sp³-hybridized carbons (Fsp3) is 0.538. The quantitative estimate of drug-likeness (QED) is 0.606. The largest absolute Gasteiger partial charge is 0.316 e. The lowest BCUT2D eigenvalue weighted by atomic mass is 10.1. The highest BCUT2D eigenvalue weighted by molar-refractivity contribution is 7.89. The van der Waals surface area contributed by atoms with Crippen LogP contribution in [0.25, 0.3) is 0 Å². The summed E-state index contributed by atoms with van der Waals surface area (Å²) in [6.45, 7) is 3.81. The molecule has 1 aromatic rings. The van der Waals surface area contributed by atoms with Crippen LogP contribution in [-0.2, 0) is 10.0 Å². The number of aryl methyl sites for hydroxylation is 1. The van der Waals surface area contributed by atoms with E-state index in [4.69, 9.17) is 0 Å². The van der Waals surface area contributed by atoms with Gasteiger partial charge in [-0.3, -0.25) is 10.1 Å². The molecule has 2 rings (SSSR count). The zero-order valence-corrected chi connectivity index (χ0v) is 12.6. The molecule has 7 nitrogen and oxygen atoms in total. The molecule has 0 saturated carbocycles. The second-order valence-electron chi connectivity index (χ2n) is 5.25. The maximum atomic E-state index is 12.1. The molecule has 2 N–H and O–H groups in total. The molecule has 1 saturated heterocycles. The summed E-state index contributed by atoms with van der Waals surface area (Å²) >= 11 is 0. The highest BCUT2D eigenvalue weighted by atomic mass is 32.2. The van der Waals surface area contributed by atoms with E-state index >= 15 is 0 Å². The van der Waals surface area contributed by atoms with E-state index in [0.29, 0.717) is 18.0 Å². The minimum atomic E-state index is -3.70. The fourth-order valence-electron chi connectivity index (χ4n) is 2.39. The first-order valence-electron chi connectivity index (χ1n) is 6.85. The number of nitro benzene ring substituents is 1. The summed E-state index contributed by atoms with van der Waals surface area (Å²) in [6, 6.07) is 3.95. The smallest absolute Gasteiger partial charge is 0.273 e. The number of hydrogen-bond donors (Lipinski definition) is 2. The molecular formula is C13H19N3O4S. The predicted octanol–water partition coefficient (Wildman–Crippen LogP) is 1.18. The monoisotopic (exact) mass is 313 g/mol. The first kappa shape index (κ1) is 15.9. The van der Waals surface area contributed by atoms with Crippen LogP contribution >= 0.6 is 0 Å². The molecule has 0 aromatic heterocycles. The zero-order chi connectivity index (χ0) is 15.5. The van der Waals surface area contributed by atoms with Gasteiger partial charge in [-0.05, 0) is 44.8 Å². The number of benzene rings is 1. The number of hydrogen-bond acceptors (Lipinski definition) is 5. The van der Waals surface area contributed by atoms with Crippen molar-refractivity contribution in [3.8, 4) is 0 Å². The van der Waals surface area contributed by atoms with Gasteiger partial charge in [-0.25, -0.2) is 13.1 Å². The SMILES string of the molecule is Cc1ccc(S(=O)(=O)NCCC2CCNC2)cc1[N+](=O)[O-]. The lowest BCUT2D eigenvalue weighted by Crippen LogP contribution is -2.26. The van der Waals surface area contributed by atoms with Gasteiger partial charge in [-0.2, -0.15) is 0 Å². The van der Waals surface area contributed by atoms with Crippen molar-refractivity contribution < 1.29 is 13.3 Å². The number of nitro groups is 1. The normalized spacial score (nSPS) is 18.8. The van der Waals surface area contributed by atoms with Gasteiger partial charge < -0.3 is 5.32 Å². The molecule has 0 bridgehead atoms. The van der Waals surface area contributed by atoms with E-state index in [0.717, 1.165) is 32.0 Å². The van der Waals surface area contributed by atoms with Gasteiger partial charge in [0.15, 0.2) is 0 Å². The highest BCUT2D eigenvalue weighted by Crippen LogP contribution is 2.22. The first-order chi connectivity index (χ1) is 9.90. The van der Waals surface area contributed by atoms with Crippen LogP contribution in [0.15, 0.2) is 23.1 Å². The summed E-state index contributed by atoms with van der Waals surface area (Å²) in [5, 5.41) is 14.1. The van der Waals surface area contributed by atoms with Crippen LogP contribution in [0.3, 0.4) is 0 Å². The van der Waals surface area contributed by atoms with Crippen LogP contribution in [0, 0.1) is 23.0 Å². The summed E-state index contributed by atoms with van der Waals surface area (Å²) in [7, 11) is -3.70. The molecule has 0 aliphatic carbocycles. The van der Waals surface area contributed by atoms with Crippen molar-refractivity contribution in [3.05, 3.63) is 33.9 Å². The molecule has 0 radical (unpaired) electrons. The Bertz CT molecular complexity index is 624. The van der Waals surface area contributed by atoms with Gasteiger partial charge in [-0.1, -0.05) is 6.07 Å². The Morgan fingerprint density at radius 1 is 1.48 bits per heavy atom. The average Bonchev–Trinajstić information content (AvgIpc) is 2.91. The maximum Gasteiger partial charge on any atom is 0.273 e. The molecule has 8 heteroatoms. The van der Waals surface area contributed by atoms with Gasteiger partial charge in [0.2, 0.25) is 10.0 Å². The summed E-state index contributed by atoms with van der Waals surface area (Å²) in [5.41, 5.74) is 0.258. The standard InChI is InChI=1S/C13H19N3O4S/c1-10-2-3-12(8-13(10)16(17)18)21(19,20)15-7-5-11-4-6-14-9-11/h2-3,8,11,14-15H,4-7,9H2,1H3. The Morgan fingerprint density at radius 2 is 2.24 bits per heavy atom. The van der Waals surface area contributed by atoms with Gasteiger partial charge in [0.25, 0.3) is 5.69 Å². The molecule has 0 spiro atoms. The molecular weight excluding hydrogens is 294 g/mol. The molecule has 1 unspecified atom stereocenters. The molecule has 1 aliphatic heterocycles. The average molecular weight is 313 g/mol. The number of sulfonamides is 1. The highest BCUT2D eigenvalue weighted by Gasteiger charge is 2.20. The van der Waals surface area contributed by atoms with E-state index in [1.807, 2.05) is 0 Å².